The first-order chi connectivity index (χ1) is 22.4. The van der Waals surface area contributed by atoms with E-state index >= 15 is 13.2 Å². The summed E-state index contributed by atoms with van der Waals surface area (Å²) in [5.74, 6) is -4.60. The number of aromatic carboxylic acids is 1. The molecule has 2 aromatic carbocycles. The van der Waals surface area contributed by atoms with Gasteiger partial charge in [-0.1, -0.05) is 25.4 Å². The fourth-order valence-electron chi connectivity index (χ4n) is 5.63. The molecule has 0 aliphatic carbocycles. The Labute approximate surface area is 270 Å². The Morgan fingerprint density at radius 1 is 1.04 bits per heavy atom. The maximum absolute atomic E-state index is 15.7. The van der Waals surface area contributed by atoms with Gasteiger partial charge in [0.2, 0.25) is 0 Å². The van der Waals surface area contributed by atoms with Crippen LogP contribution in [0, 0.1) is 28.7 Å². The number of methoxy groups -OCH3 is 1. The van der Waals surface area contributed by atoms with E-state index in [9.17, 15) is 14.3 Å². The number of aromatic nitrogens is 4. The summed E-state index contributed by atoms with van der Waals surface area (Å²) in [5, 5.41) is 9.73. The first-order valence-corrected chi connectivity index (χ1v) is 14.7. The van der Waals surface area contributed by atoms with Crippen molar-refractivity contribution in [3.63, 3.8) is 0 Å². The molecular formula is C33H27ClF4N4O5. The predicted octanol–water partition coefficient (Wildman–Crippen LogP) is 7.18. The summed E-state index contributed by atoms with van der Waals surface area (Å²) in [6, 6.07) is 7.35. The number of hydrogen-bond donors (Lipinski definition) is 1. The predicted molar refractivity (Wildman–Crippen MR) is 163 cm³/mol. The number of carbonyl (C=O) groups is 1. The zero-order valence-corrected chi connectivity index (χ0v) is 26.0. The summed E-state index contributed by atoms with van der Waals surface area (Å²) in [6.07, 6.45) is 1.14. The Hall–Kier alpha value is -4.75. The molecule has 47 heavy (non-hydrogen) atoms. The number of carboxylic acid groups (broad SMARTS) is 1. The SMILES string of the molecule is COc1cc(Cl)ncc1COc1nc(-c2cc(F)c(Cc3nc4c(F)cc(C(=O)O)cc4n3C3COCC3(C)C)cc2F)ccc1F. The number of nitrogens with zero attached hydrogens (tertiary/aromatic N) is 4. The zero-order valence-electron chi connectivity index (χ0n) is 25.3. The van der Waals surface area contributed by atoms with Crippen LogP contribution in [0.5, 0.6) is 11.6 Å². The van der Waals surface area contributed by atoms with Crippen LogP contribution in [0.2, 0.25) is 5.15 Å². The second-order valence-corrected chi connectivity index (χ2v) is 12.1. The van der Waals surface area contributed by atoms with E-state index in [1.807, 2.05) is 13.8 Å². The van der Waals surface area contributed by atoms with Crippen molar-refractivity contribution >= 4 is 28.6 Å². The van der Waals surface area contributed by atoms with Crippen LogP contribution in [0.3, 0.4) is 0 Å². The average molecular weight is 671 g/mol. The quantitative estimate of drug-likeness (QED) is 0.130. The standard InChI is InChI=1S/C33H27ClF4N4O5/c1-33(2)15-46-14-27(33)42-25-8-17(32(43)44)7-23(38)30(25)41-29(42)9-16-6-22(37)19(10-21(16)36)24-5-4-20(35)31(40-24)47-13-18-12-39-28(34)11-26(18)45-3/h4-8,10-12,27H,9,13-15H2,1-3H3,(H,43,44). The molecule has 1 atom stereocenters. The summed E-state index contributed by atoms with van der Waals surface area (Å²) in [5.41, 5.74) is -0.630. The van der Waals surface area contributed by atoms with Crippen molar-refractivity contribution < 1.29 is 41.7 Å². The Balaban J connectivity index is 1.34. The molecule has 9 nitrogen and oxygen atoms in total. The lowest BCUT2D eigenvalue weighted by molar-refractivity contribution is 0.0696. The van der Waals surface area contributed by atoms with Gasteiger partial charge in [0.25, 0.3) is 5.88 Å². The normalized spacial score (nSPS) is 15.7. The third kappa shape index (κ3) is 6.20. The fraction of sp³-hybridized carbons (Fsp3) is 0.273. The second kappa shape index (κ2) is 12.5. The molecule has 6 rings (SSSR count). The molecule has 244 valence electrons. The summed E-state index contributed by atoms with van der Waals surface area (Å²) in [6.45, 7) is 4.26. The van der Waals surface area contributed by atoms with Crippen molar-refractivity contribution in [2.45, 2.75) is 32.9 Å². The smallest absolute Gasteiger partial charge is 0.335 e. The molecule has 1 aliphatic heterocycles. The van der Waals surface area contributed by atoms with Crippen LogP contribution in [0.15, 0.2) is 48.7 Å². The molecule has 14 heteroatoms. The number of pyridine rings is 2. The summed E-state index contributed by atoms with van der Waals surface area (Å²) in [4.78, 5) is 24.2. The van der Waals surface area contributed by atoms with Crippen LogP contribution in [0.25, 0.3) is 22.3 Å². The maximum Gasteiger partial charge on any atom is 0.335 e. The van der Waals surface area contributed by atoms with Crippen LogP contribution in [0.1, 0.15) is 47.2 Å². The van der Waals surface area contributed by atoms with Gasteiger partial charge in [0.15, 0.2) is 11.6 Å². The number of halogens is 5. The summed E-state index contributed by atoms with van der Waals surface area (Å²) in [7, 11) is 1.42. The highest BCUT2D eigenvalue weighted by Crippen LogP contribution is 2.41. The van der Waals surface area contributed by atoms with Gasteiger partial charge in [0.1, 0.15) is 40.5 Å². The van der Waals surface area contributed by atoms with E-state index < -0.39 is 46.6 Å². The molecular weight excluding hydrogens is 644 g/mol. The second-order valence-electron chi connectivity index (χ2n) is 11.7. The average Bonchev–Trinajstić information content (AvgIpc) is 3.56. The molecule has 1 saturated heterocycles. The first-order valence-electron chi connectivity index (χ1n) is 14.3. The van der Waals surface area contributed by atoms with E-state index in [1.54, 1.807) is 4.57 Å². The number of hydrogen-bond acceptors (Lipinski definition) is 7. The molecule has 4 heterocycles. The van der Waals surface area contributed by atoms with Gasteiger partial charge in [-0.3, -0.25) is 0 Å². The van der Waals surface area contributed by atoms with Crippen molar-refractivity contribution in [1.82, 2.24) is 19.5 Å². The zero-order chi connectivity index (χ0) is 33.6. The monoisotopic (exact) mass is 670 g/mol. The largest absolute Gasteiger partial charge is 0.496 e. The summed E-state index contributed by atoms with van der Waals surface area (Å²) < 4.78 is 79.2. The van der Waals surface area contributed by atoms with Crippen LogP contribution >= 0.6 is 11.6 Å². The van der Waals surface area contributed by atoms with Crippen LogP contribution in [-0.2, 0) is 17.8 Å². The van der Waals surface area contributed by atoms with Crippen LogP contribution < -0.4 is 9.47 Å². The number of carboxylic acids is 1. The molecule has 1 unspecified atom stereocenters. The van der Waals surface area contributed by atoms with Crippen molar-refractivity contribution in [3.05, 3.63) is 99.6 Å². The minimum Gasteiger partial charge on any atom is -0.496 e. The van der Waals surface area contributed by atoms with Crippen molar-refractivity contribution in [3.8, 4) is 22.9 Å². The van der Waals surface area contributed by atoms with E-state index in [0.717, 1.165) is 24.3 Å². The van der Waals surface area contributed by atoms with E-state index in [-0.39, 0.29) is 64.0 Å². The third-order valence-corrected chi connectivity index (χ3v) is 8.31. The lowest BCUT2D eigenvalue weighted by atomic mass is 9.87. The molecule has 1 aliphatic rings. The molecule has 0 bridgehead atoms. The lowest BCUT2D eigenvalue weighted by Gasteiger charge is -2.28. The highest BCUT2D eigenvalue weighted by atomic mass is 35.5. The number of rotatable bonds is 9. The topological polar surface area (TPSA) is 109 Å². The molecule has 0 spiro atoms. The number of fused-ring (bicyclic) bond motifs is 1. The maximum atomic E-state index is 15.7. The van der Waals surface area contributed by atoms with Crippen molar-refractivity contribution in [2.24, 2.45) is 5.41 Å². The van der Waals surface area contributed by atoms with Crippen LogP contribution in [0.4, 0.5) is 17.6 Å². The number of benzene rings is 2. The molecule has 0 amide bonds. The van der Waals surface area contributed by atoms with E-state index in [2.05, 4.69) is 15.0 Å². The highest BCUT2D eigenvalue weighted by Gasteiger charge is 2.39. The number of ether oxygens (including phenoxy) is 3. The molecule has 3 aromatic heterocycles. The first kappa shape index (κ1) is 32.2. The van der Waals surface area contributed by atoms with Gasteiger partial charge >= 0.3 is 5.97 Å². The number of imidazole rings is 1. The van der Waals surface area contributed by atoms with E-state index in [4.69, 9.17) is 25.8 Å². The minimum absolute atomic E-state index is 0.0918. The van der Waals surface area contributed by atoms with Gasteiger partial charge in [-0.25, -0.2) is 37.3 Å². The van der Waals surface area contributed by atoms with E-state index in [0.29, 0.717) is 17.9 Å². The van der Waals surface area contributed by atoms with Crippen molar-refractivity contribution in [2.75, 3.05) is 20.3 Å². The van der Waals surface area contributed by atoms with Gasteiger partial charge < -0.3 is 23.9 Å². The Bertz CT molecular complexity index is 2040. The van der Waals surface area contributed by atoms with Gasteiger partial charge in [0, 0.05) is 35.2 Å². The molecule has 0 saturated carbocycles. The fourth-order valence-corrected chi connectivity index (χ4v) is 5.77. The minimum atomic E-state index is -1.32. The molecule has 1 N–H and O–H groups in total. The van der Waals surface area contributed by atoms with Gasteiger partial charge in [-0.05, 0) is 42.0 Å². The summed E-state index contributed by atoms with van der Waals surface area (Å²) >= 11 is 5.89. The van der Waals surface area contributed by atoms with Gasteiger partial charge in [0.05, 0.1) is 43.1 Å². The Kier molecular flexibility index (Phi) is 8.53. The van der Waals surface area contributed by atoms with Crippen molar-refractivity contribution in [1.29, 1.82) is 0 Å². The highest BCUT2D eigenvalue weighted by molar-refractivity contribution is 6.29. The Morgan fingerprint density at radius 2 is 1.83 bits per heavy atom. The molecule has 5 aromatic rings. The van der Waals surface area contributed by atoms with Gasteiger partial charge in [-0.2, -0.15) is 0 Å². The van der Waals surface area contributed by atoms with Gasteiger partial charge in [-0.15, -0.1) is 0 Å². The van der Waals surface area contributed by atoms with E-state index in [1.165, 1.54) is 31.5 Å². The third-order valence-electron chi connectivity index (χ3n) is 8.10. The molecule has 0 radical (unpaired) electrons. The lowest BCUT2D eigenvalue weighted by Crippen LogP contribution is -2.27. The molecule has 1 fully saturated rings. The van der Waals surface area contributed by atoms with Crippen LogP contribution in [-0.4, -0.2) is 50.9 Å². The Morgan fingerprint density at radius 3 is 2.53 bits per heavy atom.